The Hall–Kier alpha value is -1.22. The van der Waals surface area contributed by atoms with Gasteiger partial charge in [0, 0.05) is 5.69 Å². The van der Waals surface area contributed by atoms with Crippen molar-refractivity contribution >= 4 is 23.3 Å². The van der Waals surface area contributed by atoms with Gasteiger partial charge in [-0.05, 0) is 31.0 Å². The van der Waals surface area contributed by atoms with Gasteiger partial charge in [0.15, 0.2) is 0 Å². The van der Waals surface area contributed by atoms with Crippen molar-refractivity contribution in [1.82, 2.24) is 0 Å². The third kappa shape index (κ3) is 2.63. The first-order valence-electron chi connectivity index (χ1n) is 4.85. The molecule has 15 heavy (non-hydrogen) atoms. The van der Waals surface area contributed by atoms with E-state index in [1.54, 1.807) is 19.1 Å². The van der Waals surface area contributed by atoms with Crippen LogP contribution >= 0.6 is 11.6 Å². The Balaban J connectivity index is 3.12. The Labute approximate surface area is 94.2 Å². The molecule has 4 heteroatoms. The fourth-order valence-corrected chi connectivity index (χ4v) is 1.55. The molecule has 0 radical (unpaired) electrons. The zero-order valence-corrected chi connectivity index (χ0v) is 9.60. The molecule has 0 unspecified atom stereocenters. The predicted molar refractivity (Wildman–Crippen MR) is 61.2 cm³/mol. The molecule has 0 aliphatic carbocycles. The van der Waals surface area contributed by atoms with Crippen LogP contribution in [0.15, 0.2) is 12.1 Å². The second-order valence-corrected chi connectivity index (χ2v) is 3.51. The molecule has 3 nitrogen and oxygen atoms in total. The molecule has 0 fully saturated rings. The van der Waals surface area contributed by atoms with E-state index in [2.05, 4.69) is 0 Å². The summed E-state index contributed by atoms with van der Waals surface area (Å²) in [4.78, 5) is 11.5. The number of hydrogen-bond acceptors (Lipinski definition) is 3. The first kappa shape index (κ1) is 11.9. The number of rotatable bonds is 3. The number of hydrogen-bond donors (Lipinski definition) is 1. The Morgan fingerprint density at radius 2 is 2.13 bits per heavy atom. The van der Waals surface area contributed by atoms with Crippen LogP contribution in [0.4, 0.5) is 5.69 Å². The van der Waals surface area contributed by atoms with Crippen molar-refractivity contribution in [2.75, 3.05) is 12.3 Å². The van der Waals surface area contributed by atoms with Crippen LogP contribution in [-0.4, -0.2) is 12.6 Å². The Morgan fingerprint density at radius 1 is 1.47 bits per heavy atom. The quantitative estimate of drug-likeness (QED) is 0.638. The van der Waals surface area contributed by atoms with E-state index >= 15 is 0 Å². The average molecular weight is 228 g/mol. The molecule has 2 N–H and O–H groups in total. The lowest BCUT2D eigenvalue weighted by molar-refractivity contribution is 0.0526. The van der Waals surface area contributed by atoms with Crippen molar-refractivity contribution in [2.24, 2.45) is 0 Å². The van der Waals surface area contributed by atoms with E-state index in [0.29, 0.717) is 22.9 Å². The average Bonchev–Trinajstić information content (AvgIpc) is 2.18. The fourth-order valence-electron chi connectivity index (χ4n) is 1.30. The van der Waals surface area contributed by atoms with Crippen molar-refractivity contribution in [3.63, 3.8) is 0 Å². The molecule has 82 valence electrons. The van der Waals surface area contributed by atoms with Crippen LogP contribution in [0.3, 0.4) is 0 Å². The van der Waals surface area contributed by atoms with Gasteiger partial charge in [-0.1, -0.05) is 18.5 Å². The summed E-state index contributed by atoms with van der Waals surface area (Å²) in [6.45, 7) is 4.05. The lowest BCUT2D eigenvalue weighted by Gasteiger charge is -2.08. The van der Waals surface area contributed by atoms with Crippen LogP contribution < -0.4 is 5.73 Å². The van der Waals surface area contributed by atoms with Crippen molar-refractivity contribution < 1.29 is 9.53 Å². The Morgan fingerprint density at radius 3 is 2.67 bits per heavy atom. The molecule has 1 aromatic rings. The normalized spacial score (nSPS) is 10.1. The van der Waals surface area contributed by atoms with Gasteiger partial charge in [0.05, 0.1) is 17.2 Å². The number of benzene rings is 1. The van der Waals surface area contributed by atoms with Gasteiger partial charge in [-0.25, -0.2) is 4.79 Å². The molecule has 0 amide bonds. The highest BCUT2D eigenvalue weighted by Gasteiger charge is 2.13. The first-order chi connectivity index (χ1) is 7.10. The number of nitrogen functional groups attached to an aromatic ring is 1. The molecule has 0 aliphatic rings. The molecule has 0 aliphatic heterocycles. The summed E-state index contributed by atoms with van der Waals surface area (Å²) in [5, 5.41) is 0.336. The van der Waals surface area contributed by atoms with Crippen LogP contribution in [-0.2, 0) is 11.2 Å². The van der Waals surface area contributed by atoms with E-state index in [9.17, 15) is 4.79 Å². The molecule has 0 saturated carbocycles. The maximum atomic E-state index is 11.5. The van der Waals surface area contributed by atoms with Crippen LogP contribution in [0.2, 0.25) is 5.02 Å². The summed E-state index contributed by atoms with van der Waals surface area (Å²) in [7, 11) is 0. The summed E-state index contributed by atoms with van der Waals surface area (Å²) in [6, 6.07) is 3.28. The third-order valence-corrected chi connectivity index (χ3v) is 2.42. The lowest BCUT2D eigenvalue weighted by atomic mass is 10.1. The summed E-state index contributed by atoms with van der Waals surface area (Å²) < 4.78 is 4.88. The first-order valence-corrected chi connectivity index (χ1v) is 5.23. The summed E-state index contributed by atoms with van der Waals surface area (Å²) in [5.74, 6) is -0.405. The molecule has 0 saturated heterocycles. The monoisotopic (exact) mass is 227 g/mol. The van der Waals surface area contributed by atoms with E-state index in [1.165, 1.54) is 0 Å². The molecule has 0 heterocycles. The second-order valence-electron chi connectivity index (χ2n) is 3.10. The minimum atomic E-state index is -0.405. The number of halogens is 1. The van der Waals surface area contributed by atoms with Crippen LogP contribution in [0, 0.1) is 0 Å². The predicted octanol–water partition coefficient (Wildman–Crippen LogP) is 2.66. The minimum absolute atomic E-state index is 0.334. The summed E-state index contributed by atoms with van der Waals surface area (Å²) >= 11 is 5.91. The van der Waals surface area contributed by atoms with Crippen molar-refractivity contribution in [3.8, 4) is 0 Å². The number of anilines is 1. The Kier molecular flexibility index (Phi) is 3.97. The fraction of sp³-hybridized carbons (Fsp3) is 0.364. The van der Waals surface area contributed by atoms with E-state index in [4.69, 9.17) is 22.1 Å². The zero-order chi connectivity index (χ0) is 11.4. The summed E-state index contributed by atoms with van der Waals surface area (Å²) in [6.07, 6.45) is 0.759. The number of carbonyl (C=O) groups is 1. The number of carbonyl (C=O) groups excluding carboxylic acids is 1. The van der Waals surface area contributed by atoms with Gasteiger partial charge >= 0.3 is 5.97 Å². The van der Waals surface area contributed by atoms with Crippen molar-refractivity contribution in [2.45, 2.75) is 20.3 Å². The van der Waals surface area contributed by atoms with Gasteiger partial charge in [0.2, 0.25) is 0 Å². The van der Waals surface area contributed by atoms with Crippen molar-refractivity contribution in [3.05, 3.63) is 28.3 Å². The smallest absolute Gasteiger partial charge is 0.339 e. The number of esters is 1. The molecular formula is C11H14ClNO2. The van der Waals surface area contributed by atoms with E-state index < -0.39 is 5.97 Å². The minimum Gasteiger partial charge on any atom is -0.462 e. The van der Waals surface area contributed by atoms with Gasteiger partial charge in [0.25, 0.3) is 0 Å². The maximum absolute atomic E-state index is 11.5. The lowest BCUT2D eigenvalue weighted by Crippen LogP contribution is -2.07. The van der Waals surface area contributed by atoms with Gasteiger partial charge in [0.1, 0.15) is 0 Å². The third-order valence-electron chi connectivity index (χ3n) is 2.11. The van der Waals surface area contributed by atoms with Gasteiger partial charge in [-0.15, -0.1) is 0 Å². The standard InChI is InChI=1S/C11H14ClNO2/c1-3-7-5-8(11(14)15-4-2)9(12)6-10(7)13/h5-6H,3-4,13H2,1-2H3. The topological polar surface area (TPSA) is 52.3 Å². The highest BCUT2D eigenvalue weighted by molar-refractivity contribution is 6.33. The molecule has 1 rings (SSSR count). The molecule has 0 atom stereocenters. The van der Waals surface area contributed by atoms with E-state index in [0.717, 1.165) is 12.0 Å². The van der Waals surface area contributed by atoms with Gasteiger partial charge in [-0.3, -0.25) is 0 Å². The molecule has 1 aromatic carbocycles. The molecular weight excluding hydrogens is 214 g/mol. The molecule has 0 bridgehead atoms. The Bertz CT molecular complexity index is 377. The largest absolute Gasteiger partial charge is 0.462 e. The summed E-state index contributed by atoms with van der Waals surface area (Å²) in [5.41, 5.74) is 7.63. The van der Waals surface area contributed by atoms with Crippen LogP contribution in [0.1, 0.15) is 29.8 Å². The number of ether oxygens (including phenoxy) is 1. The van der Waals surface area contributed by atoms with E-state index in [-0.39, 0.29) is 0 Å². The van der Waals surface area contributed by atoms with E-state index in [1.807, 2.05) is 6.92 Å². The SMILES string of the molecule is CCOC(=O)c1cc(CC)c(N)cc1Cl. The van der Waals surface area contributed by atoms with Crippen LogP contribution in [0.25, 0.3) is 0 Å². The van der Waals surface area contributed by atoms with Gasteiger partial charge in [-0.2, -0.15) is 0 Å². The van der Waals surface area contributed by atoms with Crippen molar-refractivity contribution in [1.29, 1.82) is 0 Å². The second kappa shape index (κ2) is 5.03. The van der Waals surface area contributed by atoms with Crippen LogP contribution in [0.5, 0.6) is 0 Å². The molecule has 0 aromatic heterocycles. The number of aryl methyl sites for hydroxylation is 1. The highest BCUT2D eigenvalue weighted by atomic mass is 35.5. The van der Waals surface area contributed by atoms with Gasteiger partial charge < -0.3 is 10.5 Å². The molecule has 0 spiro atoms. The zero-order valence-electron chi connectivity index (χ0n) is 8.84. The number of nitrogens with two attached hydrogens (primary N) is 1. The maximum Gasteiger partial charge on any atom is 0.339 e. The highest BCUT2D eigenvalue weighted by Crippen LogP contribution is 2.24.